The Morgan fingerprint density at radius 1 is 1.11 bits per heavy atom. The van der Waals surface area contributed by atoms with Gasteiger partial charge in [-0.3, -0.25) is 5.41 Å². The summed E-state index contributed by atoms with van der Waals surface area (Å²) in [6, 6.07) is 20.3. The lowest BCUT2D eigenvalue weighted by Crippen LogP contribution is -2.19. The number of rotatable bonds is 10. The quantitative estimate of drug-likeness (QED) is 0.184. The van der Waals surface area contributed by atoms with Crippen LogP contribution in [-0.2, 0) is 6.54 Å². The minimum Gasteiger partial charge on any atom is -0.494 e. The molecule has 0 spiro atoms. The van der Waals surface area contributed by atoms with E-state index in [0.29, 0.717) is 30.2 Å². The number of anilines is 2. The van der Waals surface area contributed by atoms with Gasteiger partial charge in [-0.1, -0.05) is 30.3 Å². The Bertz CT molecular complexity index is 1320. The number of benzene rings is 3. The van der Waals surface area contributed by atoms with E-state index in [9.17, 15) is 0 Å². The first-order valence-corrected chi connectivity index (χ1v) is 12.6. The first-order chi connectivity index (χ1) is 17.4. The van der Waals surface area contributed by atoms with Gasteiger partial charge in [-0.25, -0.2) is 9.37 Å². The molecule has 0 radical (unpaired) electrons. The first kappa shape index (κ1) is 25.2. The van der Waals surface area contributed by atoms with E-state index in [1.165, 1.54) is 11.3 Å². The van der Waals surface area contributed by atoms with E-state index < -0.39 is 5.82 Å². The molecule has 4 rings (SSSR count). The Kier molecular flexibility index (Phi) is 7.85. The van der Waals surface area contributed by atoms with Crippen molar-refractivity contribution in [1.29, 1.82) is 5.41 Å². The smallest absolute Gasteiger partial charge is 0.188 e. The fraction of sp³-hybridized carbons (Fsp3) is 0.214. The molecule has 1 aromatic heterocycles. The maximum absolute atomic E-state index is 15.9. The molecule has 0 saturated heterocycles. The van der Waals surface area contributed by atoms with Crippen LogP contribution in [0.25, 0.3) is 11.3 Å². The van der Waals surface area contributed by atoms with Crippen molar-refractivity contribution >= 4 is 28.5 Å². The zero-order valence-corrected chi connectivity index (χ0v) is 21.3. The number of hydrogen-bond donors (Lipinski definition) is 2. The van der Waals surface area contributed by atoms with Crippen LogP contribution in [-0.4, -0.2) is 23.5 Å². The minimum atomic E-state index is -0.484. The summed E-state index contributed by atoms with van der Waals surface area (Å²) in [7, 11) is 0. The average molecular weight is 505 g/mol. The van der Waals surface area contributed by atoms with Gasteiger partial charge in [-0.15, -0.1) is 11.3 Å². The molecule has 3 N–H and O–H groups in total. The largest absolute Gasteiger partial charge is 0.494 e. The van der Waals surface area contributed by atoms with Crippen LogP contribution < -0.4 is 20.1 Å². The Morgan fingerprint density at radius 2 is 1.83 bits per heavy atom. The molecule has 0 aliphatic carbocycles. The molecular weight excluding hydrogens is 475 g/mol. The third-order valence-electron chi connectivity index (χ3n) is 5.36. The van der Waals surface area contributed by atoms with Gasteiger partial charge in [-0.05, 0) is 45.0 Å². The van der Waals surface area contributed by atoms with Crippen LogP contribution in [0.4, 0.5) is 15.8 Å². The zero-order valence-electron chi connectivity index (χ0n) is 20.5. The average Bonchev–Trinajstić information content (AvgIpc) is 3.34. The van der Waals surface area contributed by atoms with Crippen molar-refractivity contribution in [3.63, 3.8) is 0 Å². The molecule has 3 aromatic carbocycles. The van der Waals surface area contributed by atoms with Crippen LogP contribution in [0.15, 0.2) is 72.1 Å². The fourth-order valence-corrected chi connectivity index (χ4v) is 4.53. The van der Waals surface area contributed by atoms with Gasteiger partial charge in [0.1, 0.15) is 16.6 Å². The van der Waals surface area contributed by atoms with Crippen molar-refractivity contribution in [2.75, 3.05) is 11.5 Å². The van der Waals surface area contributed by atoms with Crippen LogP contribution in [0.2, 0.25) is 0 Å². The molecule has 0 fully saturated rings. The predicted octanol–water partition coefficient (Wildman–Crippen LogP) is 6.76. The normalized spacial score (nSPS) is 10.9. The second-order valence-corrected chi connectivity index (χ2v) is 9.34. The van der Waals surface area contributed by atoms with Crippen molar-refractivity contribution in [2.24, 2.45) is 5.73 Å². The van der Waals surface area contributed by atoms with Crippen molar-refractivity contribution in [2.45, 2.75) is 33.4 Å². The van der Waals surface area contributed by atoms with Crippen LogP contribution in [0.3, 0.4) is 0 Å². The molecular formula is C28H29FN4O2S. The summed E-state index contributed by atoms with van der Waals surface area (Å²) in [5.74, 6) is 0.125. The Morgan fingerprint density at radius 3 is 2.47 bits per heavy atom. The molecule has 0 atom stereocenters. The van der Waals surface area contributed by atoms with E-state index in [1.807, 2.05) is 73.5 Å². The zero-order chi connectivity index (χ0) is 25.7. The van der Waals surface area contributed by atoms with Crippen LogP contribution >= 0.6 is 11.3 Å². The molecule has 0 bridgehead atoms. The molecule has 36 heavy (non-hydrogen) atoms. The van der Waals surface area contributed by atoms with Gasteiger partial charge in [0.05, 0.1) is 30.6 Å². The molecule has 4 aromatic rings. The van der Waals surface area contributed by atoms with Gasteiger partial charge in [0.15, 0.2) is 11.6 Å². The summed E-state index contributed by atoms with van der Waals surface area (Å²) >= 11 is 1.51. The molecule has 6 nitrogen and oxygen atoms in total. The summed E-state index contributed by atoms with van der Waals surface area (Å²) in [5.41, 5.74) is 9.16. The fourth-order valence-electron chi connectivity index (χ4n) is 3.74. The van der Waals surface area contributed by atoms with Crippen molar-refractivity contribution in [3.05, 3.63) is 88.5 Å². The molecule has 8 heteroatoms. The molecule has 0 saturated carbocycles. The maximum Gasteiger partial charge on any atom is 0.188 e. The lowest BCUT2D eigenvalue weighted by atomic mass is 10.1. The molecule has 0 amide bonds. The second kappa shape index (κ2) is 11.2. The topological polar surface area (TPSA) is 84.5 Å². The predicted molar refractivity (Wildman–Crippen MR) is 144 cm³/mol. The highest BCUT2D eigenvalue weighted by atomic mass is 32.1. The van der Waals surface area contributed by atoms with Crippen molar-refractivity contribution in [3.8, 4) is 22.8 Å². The van der Waals surface area contributed by atoms with E-state index in [1.54, 1.807) is 24.3 Å². The number of ether oxygens (including phenoxy) is 2. The van der Waals surface area contributed by atoms with Crippen LogP contribution in [0.5, 0.6) is 11.5 Å². The highest BCUT2D eigenvalue weighted by Crippen LogP contribution is 2.39. The number of aromatic nitrogens is 1. The van der Waals surface area contributed by atoms with E-state index in [-0.39, 0.29) is 17.7 Å². The molecule has 0 unspecified atom stereocenters. The van der Waals surface area contributed by atoms with Gasteiger partial charge in [-0.2, -0.15) is 0 Å². The third kappa shape index (κ3) is 5.83. The van der Waals surface area contributed by atoms with E-state index in [4.69, 9.17) is 25.6 Å². The van der Waals surface area contributed by atoms with E-state index >= 15 is 4.39 Å². The molecule has 1 heterocycles. The summed E-state index contributed by atoms with van der Waals surface area (Å²) in [6.45, 7) is 6.35. The van der Waals surface area contributed by atoms with Gasteiger partial charge in [0, 0.05) is 34.3 Å². The monoisotopic (exact) mass is 504 g/mol. The lowest BCUT2D eigenvalue weighted by molar-refractivity contribution is 0.229. The number of halogens is 1. The lowest BCUT2D eigenvalue weighted by Gasteiger charge is -2.26. The number of thiazole rings is 1. The minimum absolute atomic E-state index is 0.0299. The van der Waals surface area contributed by atoms with Gasteiger partial charge >= 0.3 is 0 Å². The second-order valence-electron chi connectivity index (χ2n) is 8.39. The SMILES string of the molecule is CCOc1cc(OC(C)C)c(F)c(N(Cc2nc(-c3ccccc3)cs2)c2ccc(C(=N)N)cc2)c1. The number of hydrogen-bond acceptors (Lipinski definition) is 6. The number of nitrogens with zero attached hydrogens (tertiary/aromatic N) is 2. The molecule has 0 aliphatic rings. The Labute approximate surface area is 214 Å². The highest BCUT2D eigenvalue weighted by Gasteiger charge is 2.22. The van der Waals surface area contributed by atoms with E-state index in [2.05, 4.69) is 0 Å². The molecule has 0 aliphatic heterocycles. The standard InChI is InChI=1S/C28H29FN4O2S/c1-4-34-22-14-24(27(29)25(15-22)35-18(2)3)33(21-12-10-20(11-13-21)28(30)31)16-26-32-23(17-36-26)19-8-6-5-7-9-19/h5-15,17-18H,4,16H2,1-3H3,(H3,30,31). The van der Waals surface area contributed by atoms with Crippen LogP contribution in [0.1, 0.15) is 31.3 Å². The number of nitrogen functional groups attached to an aromatic ring is 1. The summed E-state index contributed by atoms with van der Waals surface area (Å²) in [6.07, 6.45) is -0.208. The molecule has 186 valence electrons. The number of nitrogens with one attached hydrogen (secondary N) is 1. The maximum atomic E-state index is 15.9. The Hall–Kier alpha value is -3.91. The van der Waals surface area contributed by atoms with Gasteiger partial charge < -0.3 is 20.1 Å². The highest BCUT2D eigenvalue weighted by molar-refractivity contribution is 7.10. The summed E-state index contributed by atoms with van der Waals surface area (Å²) < 4.78 is 27.4. The number of nitrogens with two attached hydrogens (primary N) is 1. The van der Waals surface area contributed by atoms with Crippen molar-refractivity contribution < 1.29 is 13.9 Å². The summed E-state index contributed by atoms with van der Waals surface area (Å²) in [4.78, 5) is 6.65. The summed E-state index contributed by atoms with van der Waals surface area (Å²) in [5, 5.41) is 10.5. The van der Waals surface area contributed by atoms with Crippen LogP contribution in [0, 0.1) is 11.2 Å². The Balaban J connectivity index is 1.79. The first-order valence-electron chi connectivity index (χ1n) is 11.7. The third-order valence-corrected chi connectivity index (χ3v) is 6.20. The number of amidine groups is 1. The van der Waals surface area contributed by atoms with Gasteiger partial charge in [0.25, 0.3) is 0 Å². The van der Waals surface area contributed by atoms with Crippen molar-refractivity contribution in [1.82, 2.24) is 4.98 Å². The van der Waals surface area contributed by atoms with E-state index in [0.717, 1.165) is 22.0 Å². The van der Waals surface area contributed by atoms with Gasteiger partial charge in [0.2, 0.25) is 0 Å².